The first-order valence-electron chi connectivity index (χ1n) is 8.66. The highest BCUT2D eigenvalue weighted by atomic mass is 35.5. The summed E-state index contributed by atoms with van der Waals surface area (Å²) in [5, 5.41) is 14.2. The van der Waals surface area contributed by atoms with Gasteiger partial charge in [0.2, 0.25) is 0 Å². The van der Waals surface area contributed by atoms with Gasteiger partial charge in [-0.15, -0.1) is 0 Å². The highest BCUT2D eigenvalue weighted by Crippen LogP contribution is 2.42. The van der Waals surface area contributed by atoms with Crippen LogP contribution in [0, 0.1) is 5.82 Å². The van der Waals surface area contributed by atoms with Crippen LogP contribution in [0.2, 0.25) is 0 Å². The van der Waals surface area contributed by atoms with E-state index in [1.807, 2.05) is 6.92 Å². The van der Waals surface area contributed by atoms with Gasteiger partial charge in [0.25, 0.3) is 0 Å². The Morgan fingerprint density at radius 3 is 2.46 bits per heavy atom. The molecule has 3 nitrogen and oxygen atoms in total. The van der Waals surface area contributed by atoms with Gasteiger partial charge in [-0.2, -0.15) is 0 Å². The summed E-state index contributed by atoms with van der Waals surface area (Å²) in [7, 11) is 0. The minimum Gasteiger partial charge on any atom is -0.508 e. The van der Waals surface area contributed by atoms with Crippen LogP contribution in [-0.4, -0.2) is 10.3 Å². The van der Waals surface area contributed by atoms with E-state index in [-0.39, 0.29) is 5.75 Å². The van der Waals surface area contributed by atoms with Crippen LogP contribution in [0.4, 0.5) is 4.39 Å². The standard InChI is InChI=1S/C23H19ClFNO2/c1-4-7-18(24)20(14(2)3)22-21(17-8-5-6-9-19(17)25)23(28-26-22)15-10-12-16(27)13-11-15/h4-13,27H,2H2,1,3H3. The third-order valence-corrected chi connectivity index (χ3v) is 4.50. The molecule has 28 heavy (non-hydrogen) atoms. The van der Waals surface area contributed by atoms with Gasteiger partial charge in [-0.05, 0) is 55.8 Å². The van der Waals surface area contributed by atoms with E-state index in [1.165, 1.54) is 18.2 Å². The van der Waals surface area contributed by atoms with Gasteiger partial charge in [0, 0.05) is 16.7 Å². The van der Waals surface area contributed by atoms with Crippen LogP contribution in [0.15, 0.2) is 82.4 Å². The number of phenolic OH excluding ortho intramolecular Hbond substituents is 1. The van der Waals surface area contributed by atoms with E-state index in [4.69, 9.17) is 16.1 Å². The molecule has 0 saturated heterocycles. The smallest absolute Gasteiger partial charge is 0.175 e. The number of hydrogen-bond donors (Lipinski definition) is 1. The molecule has 0 spiro atoms. The van der Waals surface area contributed by atoms with Gasteiger partial charge in [-0.1, -0.05) is 47.6 Å². The molecule has 142 valence electrons. The van der Waals surface area contributed by atoms with E-state index in [0.29, 0.717) is 44.3 Å². The first-order chi connectivity index (χ1) is 13.4. The molecule has 0 amide bonds. The lowest BCUT2D eigenvalue weighted by Gasteiger charge is -2.10. The van der Waals surface area contributed by atoms with Crippen LogP contribution in [0.25, 0.3) is 28.0 Å². The Labute approximate surface area is 168 Å². The Balaban J connectivity index is 2.36. The number of hydrogen-bond acceptors (Lipinski definition) is 3. The van der Waals surface area contributed by atoms with Gasteiger partial charge in [0.05, 0.1) is 10.6 Å². The SMILES string of the molecule is C=C(C)C(=C(Cl)C=CC)c1noc(-c2ccc(O)cc2)c1-c1ccccc1F. The molecule has 0 fully saturated rings. The Morgan fingerprint density at radius 2 is 1.86 bits per heavy atom. The fourth-order valence-electron chi connectivity index (χ4n) is 2.93. The number of rotatable bonds is 5. The Bertz CT molecular complexity index is 1080. The maximum atomic E-state index is 14.7. The van der Waals surface area contributed by atoms with Gasteiger partial charge < -0.3 is 9.63 Å². The van der Waals surface area contributed by atoms with Gasteiger partial charge in [-0.3, -0.25) is 0 Å². The molecule has 0 saturated carbocycles. The van der Waals surface area contributed by atoms with Gasteiger partial charge in [0.15, 0.2) is 5.76 Å². The molecule has 1 N–H and O–H groups in total. The van der Waals surface area contributed by atoms with Crippen LogP contribution in [-0.2, 0) is 0 Å². The molecule has 3 aromatic rings. The molecule has 0 aliphatic rings. The van der Waals surface area contributed by atoms with Crippen molar-refractivity contribution >= 4 is 17.2 Å². The molecule has 3 rings (SSSR count). The summed E-state index contributed by atoms with van der Waals surface area (Å²) in [6.07, 6.45) is 3.53. The second-order valence-electron chi connectivity index (χ2n) is 6.27. The largest absolute Gasteiger partial charge is 0.508 e. The first-order valence-corrected chi connectivity index (χ1v) is 9.04. The fourth-order valence-corrected chi connectivity index (χ4v) is 3.31. The fraction of sp³-hybridized carbons (Fsp3) is 0.0870. The normalized spacial score (nSPS) is 12.3. The summed E-state index contributed by atoms with van der Waals surface area (Å²) in [6, 6.07) is 12.8. The molecule has 2 aromatic carbocycles. The van der Waals surface area contributed by atoms with Gasteiger partial charge in [0.1, 0.15) is 17.3 Å². The van der Waals surface area contributed by atoms with Crippen molar-refractivity contribution in [2.24, 2.45) is 0 Å². The van der Waals surface area contributed by atoms with Gasteiger partial charge in [-0.25, -0.2) is 4.39 Å². The Morgan fingerprint density at radius 1 is 1.18 bits per heavy atom. The lowest BCUT2D eigenvalue weighted by Crippen LogP contribution is -1.94. The minimum atomic E-state index is -0.407. The van der Waals surface area contributed by atoms with Crippen LogP contribution in [0.3, 0.4) is 0 Å². The number of benzene rings is 2. The quantitative estimate of drug-likeness (QED) is 0.475. The number of aromatic nitrogens is 1. The van der Waals surface area contributed by atoms with E-state index in [2.05, 4.69) is 11.7 Å². The van der Waals surface area contributed by atoms with Crippen molar-refractivity contribution in [3.8, 4) is 28.2 Å². The average Bonchev–Trinajstić information content (AvgIpc) is 3.07. The summed E-state index contributed by atoms with van der Waals surface area (Å²) < 4.78 is 20.3. The molecule has 5 heteroatoms. The molecule has 0 unspecified atom stereocenters. The molecule has 0 bridgehead atoms. The number of phenols is 1. The number of aromatic hydroxyl groups is 1. The van der Waals surface area contributed by atoms with Crippen LogP contribution in [0.1, 0.15) is 19.5 Å². The highest BCUT2D eigenvalue weighted by Gasteiger charge is 2.25. The molecule has 0 atom stereocenters. The third kappa shape index (κ3) is 3.78. The predicted molar refractivity (Wildman–Crippen MR) is 111 cm³/mol. The second kappa shape index (κ2) is 8.28. The van der Waals surface area contributed by atoms with Crippen molar-refractivity contribution in [1.29, 1.82) is 0 Å². The maximum Gasteiger partial charge on any atom is 0.175 e. The minimum absolute atomic E-state index is 0.120. The Hall–Kier alpha value is -3.11. The molecule has 1 heterocycles. The maximum absolute atomic E-state index is 14.7. The van der Waals surface area contributed by atoms with Crippen molar-refractivity contribution < 1.29 is 14.0 Å². The molecule has 0 radical (unpaired) electrons. The van der Waals surface area contributed by atoms with Crippen molar-refractivity contribution in [2.45, 2.75) is 13.8 Å². The summed E-state index contributed by atoms with van der Waals surface area (Å²) in [6.45, 7) is 7.66. The van der Waals surface area contributed by atoms with Crippen LogP contribution >= 0.6 is 11.6 Å². The number of halogens is 2. The van der Waals surface area contributed by atoms with Gasteiger partial charge >= 0.3 is 0 Å². The highest BCUT2D eigenvalue weighted by molar-refractivity contribution is 6.35. The summed E-state index contributed by atoms with van der Waals surface area (Å²) in [5.74, 6) is 0.0913. The zero-order chi connectivity index (χ0) is 20.3. The monoisotopic (exact) mass is 395 g/mol. The topological polar surface area (TPSA) is 46.3 Å². The molecule has 0 aliphatic carbocycles. The number of allylic oxidation sites excluding steroid dienone is 5. The molecule has 0 aliphatic heterocycles. The van der Waals surface area contributed by atoms with E-state index < -0.39 is 5.82 Å². The van der Waals surface area contributed by atoms with E-state index >= 15 is 0 Å². The third-order valence-electron chi connectivity index (χ3n) is 4.18. The lowest BCUT2D eigenvalue weighted by molar-refractivity contribution is 0.430. The summed E-state index contributed by atoms with van der Waals surface area (Å²) in [4.78, 5) is 0. The Kier molecular flexibility index (Phi) is 5.81. The van der Waals surface area contributed by atoms with Crippen molar-refractivity contribution in [3.63, 3.8) is 0 Å². The predicted octanol–water partition coefficient (Wildman–Crippen LogP) is 6.96. The van der Waals surface area contributed by atoms with E-state index in [1.54, 1.807) is 49.4 Å². The van der Waals surface area contributed by atoms with Crippen molar-refractivity contribution in [2.75, 3.05) is 0 Å². The lowest BCUT2D eigenvalue weighted by atomic mass is 9.93. The summed E-state index contributed by atoms with van der Waals surface area (Å²) in [5.41, 5.74) is 3.12. The molecule has 1 aromatic heterocycles. The zero-order valence-electron chi connectivity index (χ0n) is 15.5. The summed E-state index contributed by atoms with van der Waals surface area (Å²) >= 11 is 6.48. The average molecular weight is 396 g/mol. The molecular formula is C23H19ClFNO2. The zero-order valence-corrected chi connectivity index (χ0v) is 16.3. The van der Waals surface area contributed by atoms with Crippen LogP contribution < -0.4 is 0 Å². The number of nitrogens with zero attached hydrogens (tertiary/aromatic N) is 1. The van der Waals surface area contributed by atoms with Crippen molar-refractivity contribution in [1.82, 2.24) is 5.16 Å². The molecular weight excluding hydrogens is 377 g/mol. The van der Waals surface area contributed by atoms with Crippen LogP contribution in [0.5, 0.6) is 5.75 Å². The van der Waals surface area contributed by atoms with Crippen molar-refractivity contribution in [3.05, 3.63) is 89.4 Å². The van der Waals surface area contributed by atoms with E-state index in [0.717, 1.165) is 0 Å². The second-order valence-corrected chi connectivity index (χ2v) is 6.67. The van der Waals surface area contributed by atoms with E-state index in [9.17, 15) is 9.50 Å². The first kappa shape index (κ1) is 19.6.